The Hall–Kier alpha value is -0.960. The number of carbonyl (C=O) groups is 1. The average Bonchev–Trinajstić information content (AvgIpc) is 3.05. The van der Waals surface area contributed by atoms with Gasteiger partial charge in [-0.15, -0.1) is 11.3 Å². The largest absolute Gasteiger partial charge is 0.465 e. The fourth-order valence-corrected chi connectivity index (χ4v) is 5.13. The Morgan fingerprint density at radius 3 is 2.85 bits per heavy atom. The van der Waals surface area contributed by atoms with Crippen molar-refractivity contribution in [2.45, 2.75) is 18.2 Å². The topological polar surface area (TPSA) is 89.7 Å². The number of hydrogen-bond donors (Lipinski definition) is 1. The van der Waals surface area contributed by atoms with E-state index in [2.05, 4.69) is 4.74 Å². The maximum absolute atomic E-state index is 12.6. The molecule has 6 nitrogen and oxygen atoms in total. The molecular formula is C12H18N2O4S2. The van der Waals surface area contributed by atoms with E-state index in [1.807, 2.05) is 6.92 Å². The van der Waals surface area contributed by atoms with Gasteiger partial charge >= 0.3 is 5.97 Å². The van der Waals surface area contributed by atoms with Crippen molar-refractivity contribution in [2.75, 3.05) is 26.7 Å². The van der Waals surface area contributed by atoms with Crippen molar-refractivity contribution in [1.29, 1.82) is 0 Å². The molecule has 0 bridgehead atoms. The Kier molecular flexibility index (Phi) is 4.19. The Labute approximate surface area is 122 Å². The molecule has 112 valence electrons. The lowest BCUT2D eigenvalue weighted by Crippen LogP contribution is -2.34. The summed E-state index contributed by atoms with van der Waals surface area (Å²) in [4.78, 5) is 11.8. The van der Waals surface area contributed by atoms with Crippen LogP contribution in [0, 0.1) is 5.41 Å². The number of carbonyl (C=O) groups excluding carboxylic acids is 1. The summed E-state index contributed by atoms with van der Waals surface area (Å²) >= 11 is 1.07. The number of rotatable bonds is 4. The third-order valence-electron chi connectivity index (χ3n) is 3.63. The van der Waals surface area contributed by atoms with E-state index >= 15 is 0 Å². The summed E-state index contributed by atoms with van der Waals surface area (Å²) in [6.45, 7) is 3.21. The van der Waals surface area contributed by atoms with Gasteiger partial charge < -0.3 is 10.5 Å². The van der Waals surface area contributed by atoms with Gasteiger partial charge in [0.1, 0.15) is 9.77 Å². The predicted molar refractivity (Wildman–Crippen MR) is 76.2 cm³/mol. The zero-order valence-corrected chi connectivity index (χ0v) is 13.1. The lowest BCUT2D eigenvalue weighted by atomic mass is 9.90. The number of methoxy groups -OCH3 is 1. The smallest absolute Gasteiger partial charge is 0.349 e. The summed E-state index contributed by atoms with van der Waals surface area (Å²) < 4.78 is 31.3. The van der Waals surface area contributed by atoms with E-state index in [9.17, 15) is 13.2 Å². The van der Waals surface area contributed by atoms with E-state index in [0.29, 0.717) is 19.6 Å². The molecule has 1 aromatic rings. The highest BCUT2D eigenvalue weighted by Gasteiger charge is 2.40. The third-order valence-corrected chi connectivity index (χ3v) is 6.54. The van der Waals surface area contributed by atoms with E-state index in [-0.39, 0.29) is 15.2 Å². The monoisotopic (exact) mass is 318 g/mol. The molecule has 1 fully saturated rings. The highest BCUT2D eigenvalue weighted by molar-refractivity contribution is 7.89. The number of sulfonamides is 1. The molecule has 1 aromatic heterocycles. The van der Waals surface area contributed by atoms with Crippen molar-refractivity contribution in [3.05, 3.63) is 16.3 Å². The maximum Gasteiger partial charge on any atom is 0.349 e. The summed E-state index contributed by atoms with van der Waals surface area (Å²) in [5.41, 5.74) is 5.50. The van der Waals surface area contributed by atoms with Crippen LogP contribution in [0.15, 0.2) is 16.3 Å². The number of nitrogens with two attached hydrogens (primary N) is 1. The highest BCUT2D eigenvalue weighted by Crippen LogP contribution is 2.34. The molecule has 20 heavy (non-hydrogen) atoms. The number of esters is 1. The number of ether oxygens (including phenoxy) is 1. The first-order valence-electron chi connectivity index (χ1n) is 6.20. The second-order valence-corrected chi connectivity index (χ2v) is 8.03. The number of thiophene rings is 1. The van der Waals surface area contributed by atoms with Gasteiger partial charge in [0.05, 0.1) is 7.11 Å². The first-order chi connectivity index (χ1) is 9.34. The predicted octanol–water partition coefficient (Wildman–Crippen LogP) is 0.894. The first-order valence-corrected chi connectivity index (χ1v) is 8.52. The first kappa shape index (κ1) is 15.4. The van der Waals surface area contributed by atoms with E-state index in [4.69, 9.17) is 5.73 Å². The molecule has 1 aliphatic rings. The minimum atomic E-state index is -3.67. The third kappa shape index (κ3) is 2.60. The average molecular weight is 318 g/mol. The summed E-state index contributed by atoms with van der Waals surface area (Å²) in [5.74, 6) is -0.626. The Morgan fingerprint density at radius 2 is 2.30 bits per heavy atom. The van der Waals surface area contributed by atoms with E-state index in [1.54, 1.807) is 5.38 Å². The summed E-state index contributed by atoms with van der Waals surface area (Å²) in [6.07, 6.45) is 0.723. The summed E-state index contributed by atoms with van der Waals surface area (Å²) in [5, 5.41) is 1.58. The van der Waals surface area contributed by atoms with E-state index in [1.165, 1.54) is 17.5 Å². The van der Waals surface area contributed by atoms with Crippen LogP contribution in [0.4, 0.5) is 0 Å². The van der Waals surface area contributed by atoms with Crippen LogP contribution in [0.5, 0.6) is 0 Å². The molecule has 2 heterocycles. The molecule has 0 aliphatic carbocycles. The van der Waals surface area contributed by atoms with E-state index in [0.717, 1.165) is 17.8 Å². The molecule has 1 atom stereocenters. The SMILES string of the molecule is COC(=O)c1sccc1S(=O)(=O)N1CCC(C)(CN)C1. The van der Waals surface area contributed by atoms with Crippen molar-refractivity contribution in [1.82, 2.24) is 4.31 Å². The van der Waals surface area contributed by atoms with Gasteiger partial charge in [0.15, 0.2) is 0 Å². The summed E-state index contributed by atoms with van der Waals surface area (Å²) in [6, 6.07) is 1.45. The standard InChI is InChI=1S/C12H18N2O4S2/c1-12(7-13)4-5-14(8-12)20(16,17)9-3-6-19-10(9)11(15)18-2/h3,6H,4-5,7-8,13H2,1-2H3. The second-order valence-electron chi connectivity index (χ2n) is 5.21. The molecule has 2 rings (SSSR count). The van der Waals surface area contributed by atoms with Crippen LogP contribution in [-0.4, -0.2) is 45.4 Å². The Balaban J connectivity index is 2.33. The van der Waals surface area contributed by atoms with Crippen molar-refractivity contribution < 1.29 is 17.9 Å². The van der Waals surface area contributed by atoms with Crippen LogP contribution < -0.4 is 5.73 Å². The van der Waals surface area contributed by atoms with Gasteiger partial charge in [-0.25, -0.2) is 13.2 Å². The van der Waals surface area contributed by atoms with Crippen LogP contribution in [0.1, 0.15) is 23.0 Å². The quantitative estimate of drug-likeness (QED) is 0.833. The van der Waals surface area contributed by atoms with Crippen molar-refractivity contribution in [3.8, 4) is 0 Å². The van der Waals surface area contributed by atoms with E-state index < -0.39 is 16.0 Å². The van der Waals surface area contributed by atoms with Crippen LogP contribution >= 0.6 is 11.3 Å². The van der Waals surface area contributed by atoms with Crippen LogP contribution in [-0.2, 0) is 14.8 Å². The van der Waals surface area contributed by atoms with Gasteiger partial charge in [-0.2, -0.15) is 4.31 Å². The number of nitrogens with zero attached hydrogens (tertiary/aromatic N) is 1. The number of hydrogen-bond acceptors (Lipinski definition) is 6. The molecule has 2 N–H and O–H groups in total. The maximum atomic E-state index is 12.6. The van der Waals surface area contributed by atoms with Gasteiger partial charge in [0.2, 0.25) is 10.0 Å². The molecule has 0 aromatic carbocycles. The molecule has 0 spiro atoms. The van der Waals surface area contributed by atoms with Crippen LogP contribution in [0.25, 0.3) is 0 Å². The Morgan fingerprint density at radius 1 is 1.60 bits per heavy atom. The zero-order chi connectivity index (χ0) is 15.0. The second kappa shape index (κ2) is 5.44. The lowest BCUT2D eigenvalue weighted by molar-refractivity contribution is 0.0602. The van der Waals surface area contributed by atoms with Gasteiger partial charge in [0, 0.05) is 13.1 Å². The molecule has 1 saturated heterocycles. The summed E-state index contributed by atoms with van der Waals surface area (Å²) in [7, 11) is -2.44. The molecule has 1 aliphatic heterocycles. The molecule has 0 saturated carbocycles. The fraction of sp³-hybridized carbons (Fsp3) is 0.583. The zero-order valence-electron chi connectivity index (χ0n) is 11.5. The minimum Gasteiger partial charge on any atom is -0.465 e. The molecule has 0 amide bonds. The lowest BCUT2D eigenvalue weighted by Gasteiger charge is -2.22. The van der Waals surface area contributed by atoms with Gasteiger partial charge in [0.25, 0.3) is 0 Å². The van der Waals surface area contributed by atoms with Crippen molar-refractivity contribution in [3.63, 3.8) is 0 Å². The van der Waals surface area contributed by atoms with Gasteiger partial charge in [-0.3, -0.25) is 0 Å². The molecule has 0 radical (unpaired) electrons. The normalized spacial score (nSPS) is 23.9. The molecule has 1 unspecified atom stereocenters. The van der Waals surface area contributed by atoms with Crippen LogP contribution in [0.3, 0.4) is 0 Å². The molecular weight excluding hydrogens is 300 g/mol. The highest BCUT2D eigenvalue weighted by atomic mass is 32.2. The molecule has 8 heteroatoms. The van der Waals surface area contributed by atoms with Crippen LogP contribution in [0.2, 0.25) is 0 Å². The van der Waals surface area contributed by atoms with Crippen molar-refractivity contribution in [2.24, 2.45) is 11.1 Å². The van der Waals surface area contributed by atoms with Gasteiger partial charge in [-0.1, -0.05) is 6.92 Å². The van der Waals surface area contributed by atoms with Crippen molar-refractivity contribution >= 4 is 27.3 Å². The Bertz CT molecular complexity index is 611. The minimum absolute atomic E-state index is 0.0237. The van der Waals surface area contributed by atoms with Gasteiger partial charge in [-0.05, 0) is 29.8 Å². The fourth-order valence-electron chi connectivity index (χ4n) is 2.23.